The summed E-state index contributed by atoms with van der Waals surface area (Å²) in [5.41, 5.74) is -1.77. The van der Waals surface area contributed by atoms with Crippen LogP contribution in [0.5, 0.6) is 11.6 Å². The van der Waals surface area contributed by atoms with E-state index >= 15 is 0 Å². The van der Waals surface area contributed by atoms with E-state index in [0.717, 1.165) is 21.2 Å². The second-order valence-electron chi connectivity index (χ2n) is 8.95. The number of carboxylic acids is 1. The minimum absolute atomic E-state index is 0.0408. The SMILES string of the molecule is Cn1c(=O)c(OCCCCc2ccc(OC(C)(C)C(=O)[O-])cc2)nn(CCCCCC(F)(F)F)c1=O. The summed E-state index contributed by atoms with van der Waals surface area (Å²) < 4.78 is 49.5. The van der Waals surface area contributed by atoms with Gasteiger partial charge in [-0.2, -0.15) is 13.2 Å². The Labute approximate surface area is 206 Å². The number of alkyl halides is 3. The van der Waals surface area contributed by atoms with Crippen LogP contribution in [0.3, 0.4) is 0 Å². The number of ether oxygens (including phenoxy) is 2. The molecule has 9 nitrogen and oxygen atoms in total. The Morgan fingerprint density at radius 3 is 2.31 bits per heavy atom. The molecule has 0 radical (unpaired) electrons. The fourth-order valence-electron chi connectivity index (χ4n) is 3.26. The average Bonchev–Trinajstić information content (AvgIpc) is 2.79. The fraction of sp³-hybridized carbons (Fsp3) is 0.583. The predicted octanol–water partition coefficient (Wildman–Crippen LogP) is 2.37. The number of carbonyl (C=O) groups excluding carboxylic acids is 1. The van der Waals surface area contributed by atoms with Gasteiger partial charge in [-0.05, 0) is 63.6 Å². The molecular formula is C24H31F3N3O6-. The maximum Gasteiger partial charge on any atom is 0.389 e. The van der Waals surface area contributed by atoms with Crippen molar-refractivity contribution >= 4 is 5.97 Å². The number of aromatic nitrogens is 3. The van der Waals surface area contributed by atoms with E-state index in [1.165, 1.54) is 20.9 Å². The molecule has 1 heterocycles. The summed E-state index contributed by atoms with van der Waals surface area (Å²) >= 11 is 0. The minimum Gasteiger partial charge on any atom is -0.546 e. The van der Waals surface area contributed by atoms with Crippen molar-refractivity contribution in [3.8, 4) is 11.6 Å². The molecule has 0 saturated carbocycles. The van der Waals surface area contributed by atoms with Crippen LogP contribution in [-0.4, -0.2) is 38.7 Å². The lowest BCUT2D eigenvalue weighted by Gasteiger charge is -2.27. The van der Waals surface area contributed by atoms with Crippen LogP contribution in [0.25, 0.3) is 0 Å². The number of hydrogen-bond donors (Lipinski definition) is 0. The number of unbranched alkanes of at least 4 members (excludes halogenated alkanes) is 3. The predicted molar refractivity (Wildman–Crippen MR) is 123 cm³/mol. The molecule has 0 aliphatic carbocycles. The van der Waals surface area contributed by atoms with Crippen LogP contribution >= 0.6 is 0 Å². The molecule has 0 atom stereocenters. The van der Waals surface area contributed by atoms with E-state index in [2.05, 4.69) is 5.10 Å². The van der Waals surface area contributed by atoms with E-state index < -0.39 is 35.4 Å². The van der Waals surface area contributed by atoms with Crippen molar-refractivity contribution in [2.75, 3.05) is 6.61 Å². The Morgan fingerprint density at radius 2 is 1.69 bits per heavy atom. The topological polar surface area (TPSA) is 115 Å². The van der Waals surface area contributed by atoms with Gasteiger partial charge in [0.2, 0.25) is 0 Å². The van der Waals surface area contributed by atoms with E-state index in [0.29, 0.717) is 25.0 Å². The Hall–Kier alpha value is -3.31. The van der Waals surface area contributed by atoms with Gasteiger partial charge in [-0.3, -0.25) is 9.36 Å². The molecule has 0 aliphatic heterocycles. The molecule has 1 aromatic heterocycles. The number of rotatable bonds is 14. The standard InChI is InChI=1S/C24H32F3N3O6/c1-23(2,21(32)33)36-18-12-10-17(11-13-18)9-5-8-16-35-19-20(31)29(3)22(34)30(28-19)15-7-4-6-14-24(25,26)27/h10-13H,4-9,14-16H2,1-3H3,(H,32,33)/p-1. The highest BCUT2D eigenvalue weighted by molar-refractivity contribution is 5.74. The van der Waals surface area contributed by atoms with E-state index in [1.54, 1.807) is 12.1 Å². The lowest BCUT2D eigenvalue weighted by atomic mass is 10.1. The summed E-state index contributed by atoms with van der Waals surface area (Å²) in [6.07, 6.45) is -2.51. The molecule has 12 heteroatoms. The van der Waals surface area contributed by atoms with Crippen LogP contribution in [0, 0.1) is 0 Å². The lowest BCUT2D eigenvalue weighted by molar-refractivity contribution is -0.320. The fourth-order valence-corrected chi connectivity index (χ4v) is 3.26. The molecule has 36 heavy (non-hydrogen) atoms. The summed E-state index contributed by atoms with van der Waals surface area (Å²) in [6, 6.07) is 7.00. The quantitative estimate of drug-likeness (QED) is 0.356. The molecule has 0 amide bonds. The molecule has 0 fully saturated rings. The van der Waals surface area contributed by atoms with Crippen molar-refractivity contribution in [2.45, 2.75) is 77.1 Å². The first-order chi connectivity index (χ1) is 16.8. The minimum atomic E-state index is -4.21. The average molecular weight is 515 g/mol. The van der Waals surface area contributed by atoms with Gasteiger partial charge >= 0.3 is 17.4 Å². The molecule has 200 valence electrons. The number of nitrogens with zero attached hydrogens (tertiary/aromatic N) is 3. The Kier molecular flexibility index (Phi) is 10.1. The molecule has 1 aromatic carbocycles. The first-order valence-electron chi connectivity index (χ1n) is 11.7. The number of benzene rings is 1. The van der Waals surface area contributed by atoms with E-state index in [4.69, 9.17) is 9.47 Å². The highest BCUT2D eigenvalue weighted by Gasteiger charge is 2.25. The van der Waals surface area contributed by atoms with Crippen molar-refractivity contribution in [3.05, 3.63) is 50.7 Å². The van der Waals surface area contributed by atoms with Crippen LogP contribution in [0.15, 0.2) is 33.9 Å². The van der Waals surface area contributed by atoms with Crippen LogP contribution in [0.2, 0.25) is 0 Å². The van der Waals surface area contributed by atoms with Crippen LogP contribution in [0.4, 0.5) is 13.2 Å². The van der Waals surface area contributed by atoms with Gasteiger partial charge in [0.15, 0.2) is 0 Å². The summed E-state index contributed by atoms with van der Waals surface area (Å²) in [4.78, 5) is 35.5. The third-order valence-corrected chi connectivity index (χ3v) is 5.42. The molecule has 0 bridgehead atoms. The Bertz CT molecular complexity index is 1120. The van der Waals surface area contributed by atoms with Crippen LogP contribution in [-0.2, 0) is 24.8 Å². The number of aryl methyl sites for hydroxylation is 2. The second-order valence-corrected chi connectivity index (χ2v) is 8.95. The van der Waals surface area contributed by atoms with Crippen molar-refractivity contribution in [1.82, 2.24) is 14.3 Å². The van der Waals surface area contributed by atoms with Crippen molar-refractivity contribution in [2.24, 2.45) is 7.05 Å². The molecule has 0 N–H and O–H groups in total. The molecule has 0 aliphatic rings. The van der Waals surface area contributed by atoms with Crippen LogP contribution in [0.1, 0.15) is 57.9 Å². The maximum atomic E-state index is 12.3. The van der Waals surface area contributed by atoms with Crippen molar-refractivity contribution in [3.63, 3.8) is 0 Å². The number of carbonyl (C=O) groups is 1. The molecule has 0 unspecified atom stereocenters. The second kappa shape index (κ2) is 12.6. The van der Waals surface area contributed by atoms with Crippen molar-refractivity contribution in [1.29, 1.82) is 0 Å². The Balaban J connectivity index is 1.82. The smallest absolute Gasteiger partial charge is 0.389 e. The highest BCUT2D eigenvalue weighted by atomic mass is 19.4. The van der Waals surface area contributed by atoms with Crippen molar-refractivity contribution < 1.29 is 32.5 Å². The van der Waals surface area contributed by atoms with Gasteiger partial charge in [0, 0.05) is 20.0 Å². The number of hydrogen-bond acceptors (Lipinski definition) is 7. The van der Waals surface area contributed by atoms with E-state index in [-0.39, 0.29) is 31.9 Å². The summed E-state index contributed by atoms with van der Waals surface area (Å²) in [7, 11) is 1.29. The molecular weight excluding hydrogens is 483 g/mol. The zero-order chi connectivity index (χ0) is 26.9. The zero-order valence-corrected chi connectivity index (χ0v) is 20.6. The lowest BCUT2D eigenvalue weighted by Crippen LogP contribution is -2.47. The maximum absolute atomic E-state index is 12.3. The molecule has 2 rings (SSSR count). The highest BCUT2D eigenvalue weighted by Crippen LogP contribution is 2.22. The normalized spacial score (nSPS) is 11.9. The van der Waals surface area contributed by atoms with Gasteiger partial charge in [-0.1, -0.05) is 18.6 Å². The van der Waals surface area contributed by atoms with Gasteiger partial charge in [-0.15, -0.1) is 5.10 Å². The van der Waals surface area contributed by atoms with Gasteiger partial charge in [-0.25, -0.2) is 9.48 Å². The third kappa shape index (κ3) is 9.04. The first-order valence-corrected chi connectivity index (χ1v) is 11.7. The van der Waals surface area contributed by atoms with E-state index in [9.17, 15) is 32.7 Å². The zero-order valence-electron chi connectivity index (χ0n) is 20.6. The number of halogens is 3. The molecule has 0 saturated heterocycles. The summed E-state index contributed by atoms with van der Waals surface area (Å²) in [5.74, 6) is -1.13. The van der Waals surface area contributed by atoms with Gasteiger partial charge in [0.25, 0.3) is 5.88 Å². The first kappa shape index (κ1) is 28.9. The van der Waals surface area contributed by atoms with E-state index in [1.807, 2.05) is 12.1 Å². The van der Waals surface area contributed by atoms with Crippen LogP contribution < -0.4 is 25.8 Å². The molecule has 0 spiro atoms. The number of aliphatic carboxylic acids is 1. The third-order valence-electron chi connectivity index (χ3n) is 5.42. The summed E-state index contributed by atoms with van der Waals surface area (Å²) in [5, 5.41) is 15.0. The summed E-state index contributed by atoms with van der Waals surface area (Å²) in [6.45, 7) is 3.08. The van der Waals surface area contributed by atoms with Gasteiger partial charge in [0.05, 0.1) is 12.6 Å². The monoisotopic (exact) mass is 514 g/mol. The largest absolute Gasteiger partial charge is 0.546 e. The van der Waals surface area contributed by atoms with Gasteiger partial charge < -0.3 is 19.4 Å². The van der Waals surface area contributed by atoms with Gasteiger partial charge in [0.1, 0.15) is 11.4 Å². The Morgan fingerprint density at radius 1 is 1.03 bits per heavy atom. The number of carboxylic acid groups (broad SMARTS) is 1. The molecule has 2 aromatic rings.